The fraction of sp³-hybridized carbons (Fsp3) is 0.708. The van der Waals surface area contributed by atoms with E-state index in [9.17, 15) is 9.90 Å². The molecule has 28 heavy (non-hydrogen) atoms. The van der Waals surface area contributed by atoms with Crippen LogP contribution in [-0.4, -0.2) is 25.0 Å². The van der Waals surface area contributed by atoms with Crippen molar-refractivity contribution in [1.29, 1.82) is 0 Å². The summed E-state index contributed by atoms with van der Waals surface area (Å²) in [5.41, 5.74) is 1.31. The minimum atomic E-state index is -0.974. The fourth-order valence-corrected chi connectivity index (χ4v) is 3.49. The molecule has 0 aliphatic heterocycles. The number of benzene rings is 1. The smallest absolute Gasteiger partial charge is 0.339 e. The number of unbranched alkanes of at least 4 members (excludes halogenated alkanes) is 12. The molecule has 0 spiro atoms. The van der Waals surface area contributed by atoms with Crippen LogP contribution in [0.25, 0.3) is 0 Å². The molecule has 0 aliphatic carbocycles. The fourth-order valence-electron chi connectivity index (χ4n) is 3.49. The lowest BCUT2D eigenvalue weighted by atomic mass is 10.0. The van der Waals surface area contributed by atoms with Gasteiger partial charge in [0, 0.05) is 7.11 Å². The number of hydrogen-bond acceptors (Lipinski definition) is 3. The molecule has 0 radical (unpaired) electrons. The van der Waals surface area contributed by atoms with Crippen LogP contribution >= 0.6 is 0 Å². The van der Waals surface area contributed by atoms with Gasteiger partial charge in [-0.25, -0.2) is 4.79 Å². The first-order chi connectivity index (χ1) is 13.7. The Morgan fingerprint density at radius 2 is 1.39 bits per heavy atom. The summed E-state index contributed by atoms with van der Waals surface area (Å²) in [6.45, 7) is 2.33. The number of rotatable bonds is 18. The summed E-state index contributed by atoms with van der Waals surface area (Å²) in [5.74, 6) is -0.583. The molecule has 1 aromatic carbocycles. The van der Waals surface area contributed by atoms with Crippen molar-refractivity contribution in [3.63, 3.8) is 0 Å². The maximum absolute atomic E-state index is 11.3. The highest BCUT2D eigenvalue weighted by Gasteiger charge is 2.12. The molecular weight excluding hydrogens is 352 g/mol. The van der Waals surface area contributed by atoms with Crippen molar-refractivity contribution < 1.29 is 19.4 Å². The number of aromatic carboxylic acids is 1. The number of methoxy groups -OCH3 is 1. The van der Waals surface area contributed by atoms with E-state index in [1.807, 2.05) is 12.1 Å². The minimum absolute atomic E-state index is 0.0580. The van der Waals surface area contributed by atoms with Crippen LogP contribution in [0.5, 0.6) is 5.75 Å². The van der Waals surface area contributed by atoms with Crippen molar-refractivity contribution in [3.05, 3.63) is 29.3 Å². The average Bonchev–Trinajstić information content (AvgIpc) is 2.69. The van der Waals surface area contributed by atoms with Gasteiger partial charge in [0.1, 0.15) is 11.3 Å². The van der Waals surface area contributed by atoms with E-state index in [1.165, 1.54) is 84.2 Å². The predicted molar refractivity (Wildman–Crippen MR) is 115 cm³/mol. The number of carboxylic acids is 1. The van der Waals surface area contributed by atoms with Crippen molar-refractivity contribution in [2.24, 2.45) is 0 Å². The topological polar surface area (TPSA) is 55.8 Å². The Kier molecular flexibility index (Phi) is 14.4. The highest BCUT2D eigenvalue weighted by Crippen LogP contribution is 2.22. The number of carboxylic acid groups (broad SMARTS) is 1. The molecule has 0 atom stereocenters. The van der Waals surface area contributed by atoms with Gasteiger partial charge < -0.3 is 14.6 Å². The Hall–Kier alpha value is -1.55. The van der Waals surface area contributed by atoms with Crippen LogP contribution in [0.15, 0.2) is 18.2 Å². The number of ether oxygens (including phenoxy) is 2. The number of carbonyl (C=O) groups is 1. The van der Waals surface area contributed by atoms with E-state index in [4.69, 9.17) is 9.47 Å². The van der Waals surface area contributed by atoms with Crippen LogP contribution in [0.1, 0.15) is 106 Å². The zero-order valence-electron chi connectivity index (χ0n) is 18.0. The summed E-state index contributed by atoms with van der Waals surface area (Å²) in [6.07, 6.45) is 18.4. The van der Waals surface area contributed by atoms with E-state index in [-0.39, 0.29) is 12.4 Å². The Morgan fingerprint density at radius 1 is 0.857 bits per heavy atom. The third-order valence-electron chi connectivity index (χ3n) is 5.18. The SMILES string of the molecule is CCCCCCCCCCCCCCCc1ccc(C(=O)O)c(OCOC)c1. The van der Waals surface area contributed by atoms with E-state index >= 15 is 0 Å². The molecular formula is C24H40O4. The lowest BCUT2D eigenvalue weighted by Gasteiger charge is -2.10. The molecule has 4 heteroatoms. The third kappa shape index (κ3) is 11.3. The van der Waals surface area contributed by atoms with E-state index in [0.717, 1.165) is 18.4 Å². The molecule has 0 unspecified atom stereocenters. The van der Waals surface area contributed by atoms with E-state index in [1.54, 1.807) is 6.07 Å². The lowest BCUT2D eigenvalue weighted by Crippen LogP contribution is -2.06. The Balaban J connectivity index is 2.10. The monoisotopic (exact) mass is 392 g/mol. The lowest BCUT2D eigenvalue weighted by molar-refractivity contribution is 0.0483. The van der Waals surface area contributed by atoms with E-state index in [0.29, 0.717) is 5.75 Å². The van der Waals surface area contributed by atoms with Crippen molar-refractivity contribution in [3.8, 4) is 5.75 Å². The molecule has 1 N–H and O–H groups in total. The second kappa shape index (κ2) is 16.4. The molecule has 0 amide bonds. The normalized spacial score (nSPS) is 10.9. The van der Waals surface area contributed by atoms with E-state index < -0.39 is 5.97 Å². The summed E-state index contributed by atoms with van der Waals surface area (Å²) in [7, 11) is 1.53. The zero-order chi connectivity index (χ0) is 20.5. The summed E-state index contributed by atoms with van der Waals surface area (Å²) in [6, 6.07) is 5.36. The summed E-state index contributed by atoms with van der Waals surface area (Å²) in [4.78, 5) is 11.3. The molecule has 0 saturated carbocycles. The first-order valence-corrected chi connectivity index (χ1v) is 11.2. The quantitative estimate of drug-likeness (QED) is 0.216. The predicted octanol–water partition coefficient (Wildman–Crippen LogP) is 7.00. The average molecular weight is 393 g/mol. The van der Waals surface area contributed by atoms with E-state index in [2.05, 4.69) is 6.92 Å². The van der Waals surface area contributed by atoms with Crippen LogP contribution in [0.3, 0.4) is 0 Å². The van der Waals surface area contributed by atoms with Crippen LogP contribution in [-0.2, 0) is 11.2 Å². The Bertz CT molecular complexity index is 527. The van der Waals surface area contributed by atoms with Gasteiger partial charge in [0.15, 0.2) is 6.79 Å². The molecule has 1 rings (SSSR count). The van der Waals surface area contributed by atoms with Gasteiger partial charge in [0.25, 0.3) is 0 Å². The highest BCUT2D eigenvalue weighted by atomic mass is 16.7. The molecule has 0 aliphatic rings. The largest absolute Gasteiger partial charge is 0.478 e. The van der Waals surface area contributed by atoms with Crippen LogP contribution in [0.4, 0.5) is 0 Å². The maximum atomic E-state index is 11.3. The van der Waals surface area contributed by atoms with Gasteiger partial charge in [-0.15, -0.1) is 0 Å². The second-order valence-corrected chi connectivity index (χ2v) is 7.68. The molecule has 0 saturated heterocycles. The molecule has 0 fully saturated rings. The molecule has 160 valence electrons. The van der Waals surface area contributed by atoms with Crippen molar-refractivity contribution in [1.82, 2.24) is 0 Å². The summed E-state index contributed by atoms with van der Waals surface area (Å²) < 4.78 is 10.3. The molecule has 1 aromatic rings. The second-order valence-electron chi connectivity index (χ2n) is 7.68. The highest BCUT2D eigenvalue weighted by molar-refractivity contribution is 5.90. The molecule has 0 bridgehead atoms. The Morgan fingerprint density at radius 3 is 1.89 bits per heavy atom. The van der Waals surface area contributed by atoms with Gasteiger partial charge in [0.05, 0.1) is 0 Å². The maximum Gasteiger partial charge on any atom is 0.339 e. The van der Waals surface area contributed by atoms with Crippen molar-refractivity contribution >= 4 is 5.97 Å². The van der Waals surface area contributed by atoms with Crippen LogP contribution < -0.4 is 4.74 Å². The van der Waals surface area contributed by atoms with Crippen LogP contribution in [0.2, 0.25) is 0 Å². The molecule has 0 aromatic heterocycles. The zero-order valence-corrected chi connectivity index (χ0v) is 18.0. The first kappa shape index (κ1) is 24.5. The van der Waals surface area contributed by atoms with Crippen molar-refractivity contribution in [2.45, 2.75) is 96.8 Å². The number of hydrogen-bond donors (Lipinski definition) is 1. The van der Waals surface area contributed by atoms with Gasteiger partial charge in [-0.3, -0.25) is 0 Å². The van der Waals surface area contributed by atoms with Crippen LogP contribution in [0, 0.1) is 0 Å². The first-order valence-electron chi connectivity index (χ1n) is 11.2. The molecule has 4 nitrogen and oxygen atoms in total. The van der Waals surface area contributed by atoms with Gasteiger partial charge in [-0.2, -0.15) is 0 Å². The van der Waals surface area contributed by atoms with Gasteiger partial charge >= 0.3 is 5.97 Å². The van der Waals surface area contributed by atoms with Gasteiger partial charge in [-0.05, 0) is 30.5 Å². The summed E-state index contributed by atoms with van der Waals surface area (Å²) >= 11 is 0. The third-order valence-corrected chi connectivity index (χ3v) is 5.18. The molecule has 0 heterocycles. The van der Waals surface area contributed by atoms with Gasteiger partial charge in [-0.1, -0.05) is 90.0 Å². The van der Waals surface area contributed by atoms with Crippen molar-refractivity contribution in [2.75, 3.05) is 13.9 Å². The number of aryl methyl sites for hydroxylation is 1. The minimum Gasteiger partial charge on any atom is -0.478 e. The standard InChI is InChI=1S/C24H40O4/c1-3-4-5-6-7-8-9-10-11-12-13-14-15-16-21-17-18-22(24(25)26)23(19-21)28-20-27-2/h17-19H,3-16,20H2,1-2H3,(H,25,26). The summed E-state index contributed by atoms with van der Waals surface area (Å²) in [5, 5.41) is 9.23. The van der Waals surface area contributed by atoms with Gasteiger partial charge in [0.2, 0.25) is 0 Å². The Labute approximate surface area is 171 Å².